The highest BCUT2D eigenvalue weighted by Gasteiger charge is 2.27. The van der Waals surface area contributed by atoms with E-state index in [1.807, 2.05) is 26.0 Å². The molecule has 64 heavy (non-hydrogen) atoms. The third kappa shape index (κ3) is 9.65. The fourth-order valence-corrected chi connectivity index (χ4v) is 9.04. The Balaban J connectivity index is 0.000000162. The van der Waals surface area contributed by atoms with Crippen LogP contribution in [0.3, 0.4) is 0 Å². The molecular formula is C46H50F2N16. The Bertz CT molecular complexity index is 2700. The molecule has 4 atom stereocenters. The predicted molar refractivity (Wildman–Crippen MR) is 239 cm³/mol. The molecule has 4 N–H and O–H groups in total. The van der Waals surface area contributed by atoms with E-state index in [-0.39, 0.29) is 17.7 Å². The minimum Gasteiger partial charge on any atom is -0.367 e. The van der Waals surface area contributed by atoms with Crippen LogP contribution >= 0.6 is 0 Å². The van der Waals surface area contributed by atoms with E-state index in [0.717, 1.165) is 90.5 Å². The summed E-state index contributed by atoms with van der Waals surface area (Å²) < 4.78 is 30.0. The molecule has 0 amide bonds. The molecule has 328 valence electrons. The van der Waals surface area contributed by atoms with Crippen molar-refractivity contribution in [3.63, 3.8) is 0 Å². The van der Waals surface area contributed by atoms with E-state index in [9.17, 15) is 8.78 Å². The van der Waals surface area contributed by atoms with Crippen molar-refractivity contribution in [2.45, 2.75) is 104 Å². The summed E-state index contributed by atoms with van der Waals surface area (Å²) in [6.45, 7) is 7.29. The molecule has 18 heteroatoms. The first-order valence-electron chi connectivity index (χ1n) is 21.9. The lowest BCUT2D eigenvalue weighted by Crippen LogP contribution is -2.29. The number of halogens is 2. The zero-order valence-electron chi connectivity index (χ0n) is 36.3. The maximum absolute atomic E-state index is 15.0. The molecule has 2 aliphatic carbocycles. The summed E-state index contributed by atoms with van der Waals surface area (Å²) >= 11 is 0. The number of fused-ring (bicyclic) bond motifs is 2. The molecule has 10 rings (SSSR count). The van der Waals surface area contributed by atoms with Crippen LogP contribution in [0, 0.1) is 51.2 Å². The molecule has 0 spiro atoms. The van der Waals surface area contributed by atoms with Crippen LogP contribution in [0.5, 0.6) is 0 Å². The monoisotopic (exact) mass is 864 g/mol. The second kappa shape index (κ2) is 18.8. The Kier molecular flexibility index (Phi) is 12.4. The average molecular weight is 865 g/mol. The normalized spacial score (nSPS) is 18.7. The van der Waals surface area contributed by atoms with Gasteiger partial charge in [0.2, 0.25) is 5.95 Å². The van der Waals surface area contributed by atoms with Gasteiger partial charge in [0, 0.05) is 82.4 Å². The van der Waals surface area contributed by atoms with E-state index in [1.165, 1.54) is 12.7 Å². The van der Waals surface area contributed by atoms with E-state index in [1.54, 1.807) is 51.2 Å². The van der Waals surface area contributed by atoms with Crippen LogP contribution in [0.1, 0.15) is 85.5 Å². The van der Waals surface area contributed by atoms with Gasteiger partial charge >= 0.3 is 0 Å². The third-order valence-corrected chi connectivity index (χ3v) is 12.2. The van der Waals surface area contributed by atoms with Crippen LogP contribution in [0.4, 0.5) is 20.5 Å². The van der Waals surface area contributed by atoms with Crippen LogP contribution in [0.2, 0.25) is 0 Å². The fraction of sp³-hybridized carbons (Fsp3) is 0.391. The van der Waals surface area contributed by atoms with Crippen molar-refractivity contribution in [3.8, 4) is 22.8 Å². The zero-order chi connectivity index (χ0) is 44.2. The maximum Gasteiger partial charge on any atom is 0.223 e. The Morgan fingerprint density at radius 1 is 0.609 bits per heavy atom. The van der Waals surface area contributed by atoms with Gasteiger partial charge in [-0.2, -0.15) is 0 Å². The highest BCUT2D eigenvalue weighted by molar-refractivity contribution is 5.91. The van der Waals surface area contributed by atoms with E-state index in [0.29, 0.717) is 82.4 Å². The van der Waals surface area contributed by atoms with Crippen LogP contribution in [0.25, 0.3) is 44.8 Å². The summed E-state index contributed by atoms with van der Waals surface area (Å²) in [5.41, 5.74) is 6.51. The molecule has 0 unspecified atom stereocenters. The van der Waals surface area contributed by atoms with E-state index in [4.69, 9.17) is 0 Å². The average Bonchev–Trinajstić information content (AvgIpc) is 3.93. The standard InChI is InChI=1S/2C23H25FN8/c1-13-6-20(28-12-27-13)31-16-5-3-4-15(7-16)8-19-21(24)14(2)30-23(32-19)18-10-26-22-17(18)9-25-11-29-22;1-13-6-7-26-23(29-13)31-16-5-3-4-15(8-16)9-19-20(24)14(2)30-22(32-19)18-11-27-21-17(18)10-25-12-28-21/h6,9-12,15-16H,3-5,7-8H2,1-2H3,(H,25,26,29)(H,27,28,31);6-7,10-12,15-16H,3-5,8-9H2,1-2H3,(H,25,27,28)(H,26,29,31)/t2*15-,16+/m11/s1. The molecule has 0 radical (unpaired) electrons. The number of anilines is 2. The lowest BCUT2D eigenvalue weighted by atomic mass is 9.83. The van der Waals surface area contributed by atoms with Gasteiger partial charge in [0.25, 0.3) is 0 Å². The zero-order valence-corrected chi connectivity index (χ0v) is 36.3. The number of hydrogen-bond donors (Lipinski definition) is 4. The molecule has 2 fully saturated rings. The van der Waals surface area contributed by atoms with E-state index in [2.05, 4.69) is 80.4 Å². The maximum atomic E-state index is 15.0. The molecule has 2 aliphatic rings. The highest BCUT2D eigenvalue weighted by Crippen LogP contribution is 2.33. The van der Waals surface area contributed by atoms with Gasteiger partial charge in [0.15, 0.2) is 23.3 Å². The van der Waals surface area contributed by atoms with Crippen molar-refractivity contribution in [1.82, 2.24) is 69.8 Å². The number of hydrogen-bond acceptors (Lipinski definition) is 14. The van der Waals surface area contributed by atoms with Crippen LogP contribution in [-0.2, 0) is 12.8 Å². The van der Waals surface area contributed by atoms with Crippen molar-refractivity contribution >= 4 is 33.8 Å². The van der Waals surface area contributed by atoms with Gasteiger partial charge in [0.05, 0.1) is 22.8 Å². The summed E-state index contributed by atoms with van der Waals surface area (Å²) in [6, 6.07) is 4.41. The number of nitrogens with one attached hydrogen (secondary N) is 4. The molecule has 0 aromatic carbocycles. The molecule has 8 heterocycles. The third-order valence-electron chi connectivity index (χ3n) is 12.2. The summed E-state index contributed by atoms with van der Waals surface area (Å²) in [5.74, 6) is 2.54. The number of aryl methyl sites for hydroxylation is 4. The lowest BCUT2D eigenvalue weighted by molar-refractivity contribution is 0.327. The summed E-state index contributed by atoms with van der Waals surface area (Å²) in [5, 5.41) is 8.62. The van der Waals surface area contributed by atoms with E-state index < -0.39 is 0 Å². The topological polar surface area (TPSA) is 210 Å². The van der Waals surface area contributed by atoms with Gasteiger partial charge in [-0.1, -0.05) is 12.8 Å². The van der Waals surface area contributed by atoms with Gasteiger partial charge in [-0.05, 0) is 97.0 Å². The second-order valence-electron chi connectivity index (χ2n) is 17.0. The Morgan fingerprint density at radius 3 is 1.72 bits per heavy atom. The van der Waals surface area contributed by atoms with E-state index >= 15 is 0 Å². The van der Waals surface area contributed by atoms with Gasteiger partial charge < -0.3 is 20.6 Å². The Hall–Kier alpha value is -6.98. The second-order valence-corrected chi connectivity index (χ2v) is 17.0. The molecule has 0 bridgehead atoms. The summed E-state index contributed by atoms with van der Waals surface area (Å²) in [7, 11) is 0. The number of aromatic nitrogens is 14. The predicted octanol–water partition coefficient (Wildman–Crippen LogP) is 8.35. The van der Waals surface area contributed by atoms with Crippen molar-refractivity contribution in [3.05, 3.63) is 108 Å². The van der Waals surface area contributed by atoms with Crippen LogP contribution in [0.15, 0.2) is 62.1 Å². The lowest BCUT2D eigenvalue weighted by Gasteiger charge is -2.30. The minimum atomic E-state index is -0.318. The number of rotatable bonds is 10. The first-order valence-corrected chi connectivity index (χ1v) is 21.9. The fourth-order valence-electron chi connectivity index (χ4n) is 9.04. The van der Waals surface area contributed by atoms with Gasteiger partial charge in [-0.15, -0.1) is 0 Å². The SMILES string of the molecule is Cc1cc(N[C@H]2CCC[C@@H](Cc3nc(-c4c[nH]c5ncncc45)nc(C)c3F)C2)ncn1.Cc1ccnc(N[C@H]2CCC[C@@H](Cc3nc(-c4c[nH]c5ncncc45)nc(C)c3F)C2)n1. The highest BCUT2D eigenvalue weighted by atomic mass is 19.1. The summed E-state index contributed by atoms with van der Waals surface area (Å²) in [4.78, 5) is 58.2. The molecular weight excluding hydrogens is 815 g/mol. The molecule has 16 nitrogen and oxygen atoms in total. The summed E-state index contributed by atoms with van der Waals surface area (Å²) in [6.07, 6.45) is 22.8. The van der Waals surface area contributed by atoms with Crippen molar-refractivity contribution < 1.29 is 8.78 Å². The number of nitrogens with zero attached hydrogens (tertiary/aromatic N) is 12. The van der Waals surface area contributed by atoms with Crippen LogP contribution in [-0.4, -0.2) is 81.9 Å². The molecule has 0 aliphatic heterocycles. The molecule has 2 saturated carbocycles. The molecule has 8 aromatic heterocycles. The van der Waals surface area contributed by atoms with Gasteiger partial charge in [-0.3, -0.25) is 0 Å². The number of H-pyrrole nitrogens is 2. The Morgan fingerprint density at radius 2 is 1.17 bits per heavy atom. The van der Waals surface area contributed by atoms with Crippen molar-refractivity contribution in [1.29, 1.82) is 0 Å². The quantitative estimate of drug-likeness (QED) is 0.102. The van der Waals surface area contributed by atoms with Crippen molar-refractivity contribution in [2.75, 3.05) is 10.6 Å². The first kappa shape index (κ1) is 42.3. The smallest absolute Gasteiger partial charge is 0.223 e. The van der Waals surface area contributed by atoms with Gasteiger partial charge in [0.1, 0.15) is 36.1 Å². The van der Waals surface area contributed by atoms with Crippen LogP contribution < -0.4 is 10.6 Å². The minimum absolute atomic E-state index is 0.270. The number of aromatic amines is 2. The van der Waals surface area contributed by atoms with Gasteiger partial charge in [-0.25, -0.2) is 68.6 Å². The largest absolute Gasteiger partial charge is 0.367 e. The molecule has 8 aromatic rings. The Labute approximate surface area is 368 Å². The molecule has 0 saturated heterocycles. The van der Waals surface area contributed by atoms with Crippen molar-refractivity contribution in [2.24, 2.45) is 11.8 Å². The first-order chi connectivity index (χ1) is 31.1.